The van der Waals surface area contributed by atoms with Crippen LogP contribution >= 0.6 is 11.3 Å². The van der Waals surface area contributed by atoms with Crippen LogP contribution in [0.2, 0.25) is 0 Å². The van der Waals surface area contributed by atoms with Gasteiger partial charge in [-0.25, -0.2) is 9.59 Å². The fourth-order valence-corrected chi connectivity index (χ4v) is 3.20. The zero-order valence-electron chi connectivity index (χ0n) is 11.6. The highest BCUT2D eigenvalue weighted by Gasteiger charge is 2.20. The first-order valence-electron chi connectivity index (χ1n) is 6.01. The van der Waals surface area contributed by atoms with Crippen molar-refractivity contribution in [2.24, 2.45) is 0 Å². The summed E-state index contributed by atoms with van der Waals surface area (Å²) in [6.45, 7) is 3.93. The summed E-state index contributed by atoms with van der Waals surface area (Å²) in [5.41, 5.74) is 0.802. The molecule has 1 aromatic rings. The number of rotatable bonds is 6. The Balaban J connectivity index is 2.60. The van der Waals surface area contributed by atoms with Crippen LogP contribution in [0, 0.1) is 13.8 Å². The highest BCUT2D eigenvalue weighted by molar-refractivity contribution is 7.84. The second kappa shape index (κ2) is 7.39. The molecule has 0 aliphatic carbocycles. The Morgan fingerprint density at radius 1 is 1.35 bits per heavy atom. The molecule has 0 aliphatic rings. The van der Waals surface area contributed by atoms with Crippen LogP contribution in [0.25, 0.3) is 0 Å². The van der Waals surface area contributed by atoms with Crippen molar-refractivity contribution in [1.82, 2.24) is 5.32 Å². The Morgan fingerprint density at radius 2 is 2.00 bits per heavy atom. The van der Waals surface area contributed by atoms with Gasteiger partial charge in [-0.05, 0) is 25.8 Å². The second-order valence-electron chi connectivity index (χ2n) is 4.30. The molecule has 20 heavy (non-hydrogen) atoms. The van der Waals surface area contributed by atoms with Crippen LogP contribution in [0.3, 0.4) is 0 Å². The first-order valence-corrected chi connectivity index (χ1v) is 8.55. The molecule has 0 spiro atoms. The van der Waals surface area contributed by atoms with Gasteiger partial charge in [-0.2, -0.15) is 0 Å². The predicted molar refractivity (Wildman–Crippen MR) is 81.3 cm³/mol. The number of urea groups is 1. The maximum Gasteiger partial charge on any atom is 0.338 e. The second-order valence-corrected chi connectivity index (χ2v) is 7.08. The van der Waals surface area contributed by atoms with Gasteiger partial charge < -0.3 is 10.4 Å². The van der Waals surface area contributed by atoms with Crippen molar-refractivity contribution >= 4 is 39.1 Å². The monoisotopic (exact) mass is 318 g/mol. The number of hydrogen-bond acceptors (Lipinski definition) is 4. The van der Waals surface area contributed by atoms with Crippen molar-refractivity contribution in [3.05, 3.63) is 16.0 Å². The van der Waals surface area contributed by atoms with Crippen LogP contribution in [-0.2, 0) is 10.8 Å². The lowest BCUT2D eigenvalue weighted by atomic mass is 10.1. The van der Waals surface area contributed by atoms with Crippen molar-refractivity contribution in [1.29, 1.82) is 0 Å². The molecule has 112 valence electrons. The summed E-state index contributed by atoms with van der Waals surface area (Å²) in [4.78, 5) is 23.7. The van der Waals surface area contributed by atoms with E-state index in [2.05, 4.69) is 10.6 Å². The van der Waals surface area contributed by atoms with E-state index in [1.54, 1.807) is 13.2 Å². The zero-order chi connectivity index (χ0) is 15.3. The smallest absolute Gasteiger partial charge is 0.338 e. The Morgan fingerprint density at radius 3 is 2.55 bits per heavy atom. The number of hydrogen-bond donors (Lipinski definition) is 3. The molecule has 1 unspecified atom stereocenters. The number of carbonyl (C=O) groups is 2. The largest absolute Gasteiger partial charge is 0.478 e. The lowest BCUT2D eigenvalue weighted by Gasteiger charge is -2.06. The minimum atomic E-state index is -1.05. The number of aromatic carboxylic acids is 1. The molecule has 3 N–H and O–H groups in total. The molecule has 6 nitrogen and oxygen atoms in total. The average molecular weight is 318 g/mol. The van der Waals surface area contributed by atoms with Crippen LogP contribution in [0.4, 0.5) is 9.80 Å². The van der Waals surface area contributed by atoms with E-state index in [4.69, 9.17) is 5.11 Å². The standard InChI is InChI=1S/C12H18N2O4S2/c1-7-8(2)19-10(9(7)11(15)16)14-12(17)13-5-4-6-20(3)18/h4-6H2,1-3H3,(H,15,16)(H2,13,14,17). The third-order valence-electron chi connectivity index (χ3n) is 2.72. The van der Waals surface area contributed by atoms with Crippen LogP contribution in [-0.4, -0.2) is 39.9 Å². The number of carbonyl (C=O) groups excluding carboxylic acids is 1. The first-order chi connectivity index (χ1) is 9.32. The number of carboxylic acids is 1. The first kappa shape index (κ1) is 16.6. The van der Waals surface area contributed by atoms with Crippen LogP contribution in [0.5, 0.6) is 0 Å². The molecule has 0 saturated carbocycles. The fourth-order valence-electron chi connectivity index (χ4n) is 1.60. The van der Waals surface area contributed by atoms with Gasteiger partial charge in [0.2, 0.25) is 0 Å². The van der Waals surface area contributed by atoms with Crippen molar-refractivity contribution in [2.45, 2.75) is 20.3 Å². The summed E-state index contributed by atoms with van der Waals surface area (Å²) in [5.74, 6) is -0.527. The van der Waals surface area contributed by atoms with E-state index in [-0.39, 0.29) is 5.56 Å². The molecule has 2 amide bonds. The highest BCUT2D eigenvalue weighted by atomic mass is 32.2. The van der Waals surface area contributed by atoms with Crippen molar-refractivity contribution in [2.75, 3.05) is 23.9 Å². The molecule has 1 aromatic heterocycles. The lowest BCUT2D eigenvalue weighted by molar-refractivity contribution is 0.0697. The number of aryl methyl sites for hydroxylation is 1. The van der Waals surface area contributed by atoms with E-state index in [0.29, 0.717) is 29.3 Å². The number of nitrogens with one attached hydrogen (secondary N) is 2. The van der Waals surface area contributed by atoms with Gasteiger partial charge >= 0.3 is 12.0 Å². The Kier molecular flexibility index (Phi) is 6.15. The topological polar surface area (TPSA) is 95.5 Å². The maximum atomic E-state index is 11.7. The zero-order valence-corrected chi connectivity index (χ0v) is 13.2. The van der Waals surface area contributed by atoms with Gasteiger partial charge in [0, 0.05) is 34.2 Å². The molecule has 1 atom stereocenters. The molecule has 1 heterocycles. The summed E-state index contributed by atoms with van der Waals surface area (Å²) in [5, 5.41) is 14.7. The van der Waals surface area contributed by atoms with Crippen molar-refractivity contribution in [3.8, 4) is 0 Å². The molecule has 0 radical (unpaired) electrons. The van der Waals surface area contributed by atoms with E-state index in [1.165, 1.54) is 11.3 Å². The minimum absolute atomic E-state index is 0.136. The van der Waals surface area contributed by atoms with E-state index < -0.39 is 22.8 Å². The molecule has 0 saturated heterocycles. The van der Waals surface area contributed by atoms with E-state index in [1.807, 2.05) is 6.92 Å². The van der Waals surface area contributed by atoms with Crippen LogP contribution < -0.4 is 10.6 Å². The maximum absolute atomic E-state index is 11.7. The fraction of sp³-hybridized carbons (Fsp3) is 0.500. The van der Waals surface area contributed by atoms with Gasteiger partial charge in [-0.3, -0.25) is 9.53 Å². The Bertz CT molecular complexity index is 540. The SMILES string of the molecule is Cc1sc(NC(=O)NCCCS(C)=O)c(C(=O)O)c1C. The van der Waals surface area contributed by atoms with Gasteiger partial charge in [0.15, 0.2) is 0 Å². The third-order valence-corrected chi connectivity index (χ3v) is 4.71. The number of carboxylic acid groups (broad SMARTS) is 1. The number of thiophene rings is 1. The Labute approximate surface area is 124 Å². The molecule has 0 aliphatic heterocycles. The van der Waals surface area contributed by atoms with Gasteiger partial charge in [0.05, 0.1) is 5.56 Å². The van der Waals surface area contributed by atoms with Crippen LogP contribution in [0.1, 0.15) is 27.2 Å². The number of anilines is 1. The highest BCUT2D eigenvalue weighted by Crippen LogP contribution is 2.32. The summed E-state index contributed by atoms with van der Waals surface area (Å²) in [7, 11) is -0.875. The lowest BCUT2D eigenvalue weighted by Crippen LogP contribution is -2.30. The van der Waals surface area contributed by atoms with Crippen molar-refractivity contribution < 1.29 is 18.9 Å². The van der Waals surface area contributed by atoms with Gasteiger partial charge in [0.25, 0.3) is 0 Å². The normalized spacial score (nSPS) is 11.9. The summed E-state index contributed by atoms with van der Waals surface area (Å²) in [6, 6.07) is -0.448. The summed E-state index contributed by atoms with van der Waals surface area (Å²) < 4.78 is 10.9. The molecule has 0 aromatic carbocycles. The van der Waals surface area contributed by atoms with E-state index >= 15 is 0 Å². The molecule has 1 rings (SSSR count). The van der Waals surface area contributed by atoms with Gasteiger partial charge in [-0.1, -0.05) is 0 Å². The molecule has 8 heteroatoms. The molecular weight excluding hydrogens is 300 g/mol. The van der Waals surface area contributed by atoms with Crippen LogP contribution in [0.15, 0.2) is 0 Å². The Hall–Kier alpha value is -1.41. The van der Waals surface area contributed by atoms with E-state index in [0.717, 1.165) is 4.88 Å². The summed E-state index contributed by atoms with van der Waals surface area (Å²) >= 11 is 1.24. The van der Waals surface area contributed by atoms with Gasteiger partial charge in [-0.15, -0.1) is 11.3 Å². The van der Waals surface area contributed by atoms with Crippen molar-refractivity contribution in [3.63, 3.8) is 0 Å². The third kappa shape index (κ3) is 4.61. The molecular formula is C12H18N2O4S2. The molecule has 0 bridgehead atoms. The van der Waals surface area contributed by atoms with E-state index in [9.17, 15) is 13.8 Å². The quantitative estimate of drug-likeness (QED) is 0.699. The van der Waals surface area contributed by atoms with Gasteiger partial charge in [0.1, 0.15) is 5.00 Å². The average Bonchev–Trinajstić information content (AvgIpc) is 2.60. The predicted octanol–water partition coefficient (Wildman–Crippen LogP) is 1.95. The molecule has 0 fully saturated rings. The minimum Gasteiger partial charge on any atom is -0.478 e. The summed E-state index contributed by atoms with van der Waals surface area (Å²) in [6.07, 6.45) is 2.22. The number of amides is 2.